The van der Waals surface area contributed by atoms with Crippen LogP contribution in [-0.2, 0) is 4.74 Å². The van der Waals surface area contributed by atoms with Crippen molar-refractivity contribution in [3.05, 3.63) is 23.8 Å². The molecule has 0 amide bonds. The van der Waals surface area contributed by atoms with E-state index in [1.807, 2.05) is 0 Å². The Kier molecular flexibility index (Phi) is 3.23. The van der Waals surface area contributed by atoms with Gasteiger partial charge in [-0.15, -0.1) is 0 Å². The zero-order chi connectivity index (χ0) is 13.5. The van der Waals surface area contributed by atoms with Crippen LogP contribution < -0.4 is 5.32 Å². The van der Waals surface area contributed by atoms with E-state index in [0.29, 0.717) is 6.04 Å². The number of benzene rings is 1. The van der Waals surface area contributed by atoms with Gasteiger partial charge in [0.2, 0.25) is 0 Å². The molecule has 1 saturated heterocycles. The largest absolute Gasteiger partial charge is 0.375 e. The molecule has 1 aliphatic rings. The first-order chi connectivity index (χ1) is 9.02. The fourth-order valence-corrected chi connectivity index (χ4v) is 3.55. The molecule has 2 aromatic rings. The maximum atomic E-state index is 5.75. The molecule has 0 bridgehead atoms. The second-order valence-corrected chi connectivity index (χ2v) is 6.96. The highest BCUT2D eigenvalue weighted by atomic mass is 32.1. The zero-order valence-electron chi connectivity index (χ0n) is 11.7. The summed E-state index contributed by atoms with van der Waals surface area (Å²) in [6, 6.07) is 6.90. The molecular weight excluding hydrogens is 256 g/mol. The molecule has 1 aromatic heterocycles. The highest BCUT2D eigenvalue weighted by molar-refractivity contribution is 7.22. The third kappa shape index (κ3) is 2.90. The van der Waals surface area contributed by atoms with Gasteiger partial charge in [-0.3, -0.25) is 0 Å². The number of fused-ring (bicyclic) bond motifs is 1. The number of thiazole rings is 1. The molecule has 1 aromatic carbocycles. The molecule has 3 rings (SSSR count). The summed E-state index contributed by atoms with van der Waals surface area (Å²) in [7, 11) is 0. The Labute approximate surface area is 118 Å². The number of nitrogens with one attached hydrogen (secondary N) is 1. The first kappa shape index (κ1) is 12.9. The van der Waals surface area contributed by atoms with Gasteiger partial charge in [-0.05, 0) is 51.3 Å². The Morgan fingerprint density at radius 3 is 3.05 bits per heavy atom. The van der Waals surface area contributed by atoms with E-state index in [2.05, 4.69) is 49.3 Å². The summed E-state index contributed by atoms with van der Waals surface area (Å²) in [4.78, 5) is 4.68. The quantitative estimate of drug-likeness (QED) is 0.901. The minimum absolute atomic E-state index is 0.0246. The molecule has 1 N–H and O–H groups in total. The fraction of sp³-hybridized carbons (Fsp3) is 0.533. The molecule has 0 saturated carbocycles. The van der Waals surface area contributed by atoms with Gasteiger partial charge in [0.05, 0.1) is 15.8 Å². The van der Waals surface area contributed by atoms with Gasteiger partial charge in [0.1, 0.15) is 0 Å². The lowest BCUT2D eigenvalue weighted by Crippen LogP contribution is -2.40. The summed E-state index contributed by atoms with van der Waals surface area (Å²) >= 11 is 1.74. The number of ether oxygens (including phenoxy) is 1. The van der Waals surface area contributed by atoms with Gasteiger partial charge < -0.3 is 10.1 Å². The topological polar surface area (TPSA) is 34.1 Å². The van der Waals surface area contributed by atoms with E-state index < -0.39 is 0 Å². The Hall–Kier alpha value is -1.13. The maximum Gasteiger partial charge on any atom is 0.184 e. The fourth-order valence-electron chi connectivity index (χ4n) is 2.63. The predicted molar refractivity (Wildman–Crippen MR) is 81.0 cm³/mol. The first-order valence-corrected chi connectivity index (χ1v) is 7.61. The predicted octanol–water partition coefficient (Wildman–Crippen LogP) is 3.97. The van der Waals surface area contributed by atoms with Crippen LogP contribution in [0.1, 0.15) is 32.3 Å². The van der Waals surface area contributed by atoms with Crippen LogP contribution in [0.3, 0.4) is 0 Å². The third-order valence-electron chi connectivity index (χ3n) is 3.57. The molecule has 1 fully saturated rings. The van der Waals surface area contributed by atoms with Crippen LogP contribution in [-0.4, -0.2) is 23.2 Å². The van der Waals surface area contributed by atoms with Gasteiger partial charge in [-0.25, -0.2) is 4.98 Å². The standard InChI is InChI=1S/C15H20N2OS/c1-10-4-5-13-12(8-10)17-14(19-13)16-11-6-7-18-15(2,3)9-11/h4-5,8,11H,6-7,9H2,1-3H3,(H,16,17). The van der Waals surface area contributed by atoms with Crippen LogP contribution in [0.15, 0.2) is 18.2 Å². The summed E-state index contributed by atoms with van der Waals surface area (Å²) in [5, 5.41) is 4.60. The number of aromatic nitrogens is 1. The Morgan fingerprint density at radius 1 is 1.42 bits per heavy atom. The SMILES string of the molecule is Cc1ccc2sc(NC3CCOC(C)(C)C3)nc2c1. The Balaban J connectivity index is 1.77. The summed E-state index contributed by atoms with van der Waals surface area (Å²) in [6.45, 7) is 7.24. The van der Waals surface area contributed by atoms with E-state index >= 15 is 0 Å². The molecule has 102 valence electrons. The van der Waals surface area contributed by atoms with Crippen molar-refractivity contribution in [2.24, 2.45) is 0 Å². The minimum Gasteiger partial charge on any atom is -0.375 e. The summed E-state index contributed by atoms with van der Waals surface area (Å²) < 4.78 is 7.00. The van der Waals surface area contributed by atoms with E-state index in [1.54, 1.807) is 11.3 Å². The normalized spacial score (nSPS) is 22.6. The van der Waals surface area contributed by atoms with E-state index in [9.17, 15) is 0 Å². The van der Waals surface area contributed by atoms with Gasteiger partial charge in [0.15, 0.2) is 5.13 Å². The van der Waals surface area contributed by atoms with Crippen LogP contribution in [0.5, 0.6) is 0 Å². The van der Waals surface area contributed by atoms with Gasteiger partial charge in [-0.1, -0.05) is 17.4 Å². The van der Waals surface area contributed by atoms with Crippen molar-refractivity contribution in [1.82, 2.24) is 4.98 Å². The number of rotatable bonds is 2. The van der Waals surface area contributed by atoms with Crippen LogP contribution in [0.4, 0.5) is 5.13 Å². The van der Waals surface area contributed by atoms with Gasteiger partial charge in [-0.2, -0.15) is 0 Å². The summed E-state index contributed by atoms with van der Waals surface area (Å²) in [5.74, 6) is 0. The number of hydrogen-bond acceptors (Lipinski definition) is 4. The molecule has 0 aliphatic carbocycles. The van der Waals surface area contributed by atoms with Crippen molar-refractivity contribution in [1.29, 1.82) is 0 Å². The van der Waals surface area contributed by atoms with Gasteiger partial charge >= 0.3 is 0 Å². The molecular formula is C15H20N2OS. The first-order valence-electron chi connectivity index (χ1n) is 6.80. The second-order valence-electron chi connectivity index (χ2n) is 5.93. The average molecular weight is 276 g/mol. The number of anilines is 1. The van der Waals surface area contributed by atoms with E-state index in [4.69, 9.17) is 4.74 Å². The number of aryl methyl sites for hydroxylation is 1. The van der Waals surface area contributed by atoms with Crippen molar-refractivity contribution in [2.45, 2.75) is 45.3 Å². The summed E-state index contributed by atoms with van der Waals surface area (Å²) in [6.07, 6.45) is 2.08. The lowest BCUT2D eigenvalue weighted by Gasteiger charge is -2.35. The highest BCUT2D eigenvalue weighted by Gasteiger charge is 2.29. The third-order valence-corrected chi connectivity index (χ3v) is 4.54. The van der Waals surface area contributed by atoms with Crippen LogP contribution in [0.25, 0.3) is 10.2 Å². The number of hydrogen-bond donors (Lipinski definition) is 1. The highest BCUT2D eigenvalue weighted by Crippen LogP contribution is 2.30. The lowest BCUT2D eigenvalue weighted by molar-refractivity contribution is -0.0553. The van der Waals surface area contributed by atoms with E-state index in [-0.39, 0.29) is 5.60 Å². The van der Waals surface area contributed by atoms with Gasteiger partial charge in [0.25, 0.3) is 0 Å². The second kappa shape index (κ2) is 4.76. The smallest absolute Gasteiger partial charge is 0.184 e. The molecule has 1 atom stereocenters. The van der Waals surface area contributed by atoms with Crippen LogP contribution in [0, 0.1) is 6.92 Å². The van der Waals surface area contributed by atoms with Crippen LogP contribution in [0.2, 0.25) is 0 Å². The van der Waals surface area contributed by atoms with Crippen LogP contribution >= 0.6 is 11.3 Å². The number of nitrogens with zero attached hydrogens (tertiary/aromatic N) is 1. The molecule has 1 unspecified atom stereocenters. The zero-order valence-corrected chi connectivity index (χ0v) is 12.5. The Morgan fingerprint density at radius 2 is 2.26 bits per heavy atom. The molecule has 3 nitrogen and oxygen atoms in total. The molecule has 0 radical (unpaired) electrons. The van der Waals surface area contributed by atoms with Crippen molar-refractivity contribution in [3.8, 4) is 0 Å². The molecule has 4 heteroatoms. The van der Waals surface area contributed by atoms with E-state index in [0.717, 1.165) is 30.1 Å². The lowest BCUT2D eigenvalue weighted by atomic mass is 9.94. The molecule has 0 spiro atoms. The molecule has 1 aliphatic heterocycles. The molecule has 19 heavy (non-hydrogen) atoms. The van der Waals surface area contributed by atoms with Gasteiger partial charge in [0, 0.05) is 12.6 Å². The summed E-state index contributed by atoms with van der Waals surface area (Å²) in [5.41, 5.74) is 2.33. The van der Waals surface area contributed by atoms with Crippen molar-refractivity contribution in [3.63, 3.8) is 0 Å². The van der Waals surface area contributed by atoms with Crippen molar-refractivity contribution >= 4 is 26.7 Å². The van der Waals surface area contributed by atoms with Crippen molar-refractivity contribution < 1.29 is 4.74 Å². The van der Waals surface area contributed by atoms with Crippen molar-refractivity contribution in [2.75, 3.05) is 11.9 Å². The monoisotopic (exact) mass is 276 g/mol. The Bertz CT molecular complexity index is 591. The molecule has 2 heterocycles. The maximum absolute atomic E-state index is 5.75. The van der Waals surface area contributed by atoms with E-state index in [1.165, 1.54) is 10.3 Å². The minimum atomic E-state index is -0.0246. The average Bonchev–Trinajstić information content (AvgIpc) is 2.68.